The van der Waals surface area contributed by atoms with Gasteiger partial charge in [-0.15, -0.1) is 0 Å². The van der Waals surface area contributed by atoms with Crippen molar-refractivity contribution in [2.45, 2.75) is 38.3 Å². The van der Waals surface area contributed by atoms with E-state index in [1.54, 1.807) is 11.9 Å². The Morgan fingerprint density at radius 2 is 2.21 bits per heavy atom. The Morgan fingerprint density at radius 1 is 1.64 bits per heavy atom. The van der Waals surface area contributed by atoms with E-state index in [0.29, 0.717) is 12.3 Å². The van der Waals surface area contributed by atoms with Crippen LogP contribution < -0.4 is 5.73 Å². The molecule has 4 heteroatoms. The molecule has 1 unspecified atom stereocenters. The van der Waals surface area contributed by atoms with Crippen LogP contribution in [0.1, 0.15) is 26.2 Å². The van der Waals surface area contributed by atoms with Gasteiger partial charge >= 0.3 is 0 Å². The van der Waals surface area contributed by atoms with Gasteiger partial charge in [0.15, 0.2) is 0 Å². The monoisotopic (exact) mass is 200 g/mol. The number of carbonyl (C=O) groups is 1. The number of aliphatic hydroxyl groups excluding tert-OH is 1. The van der Waals surface area contributed by atoms with Gasteiger partial charge in [-0.05, 0) is 25.2 Å². The van der Waals surface area contributed by atoms with Gasteiger partial charge in [0.25, 0.3) is 0 Å². The van der Waals surface area contributed by atoms with Crippen molar-refractivity contribution < 1.29 is 9.90 Å². The lowest BCUT2D eigenvalue weighted by atomic mass is 9.82. The van der Waals surface area contributed by atoms with Crippen LogP contribution in [0.5, 0.6) is 0 Å². The minimum absolute atomic E-state index is 0.00823. The standard InChI is InChI=1S/C10H20N2O2/c1-3-9(11)10(14)12(2)6-7-4-8(13)5-7/h7-9,13H,3-6,11H2,1-2H3. The topological polar surface area (TPSA) is 66.6 Å². The maximum absolute atomic E-state index is 11.6. The molecule has 0 radical (unpaired) electrons. The lowest BCUT2D eigenvalue weighted by Crippen LogP contribution is -2.45. The quantitative estimate of drug-likeness (QED) is 0.669. The molecule has 0 heterocycles. The van der Waals surface area contributed by atoms with E-state index in [1.165, 1.54) is 0 Å². The maximum atomic E-state index is 11.6. The zero-order chi connectivity index (χ0) is 10.7. The summed E-state index contributed by atoms with van der Waals surface area (Å²) in [5.41, 5.74) is 5.64. The van der Waals surface area contributed by atoms with Crippen molar-refractivity contribution in [3.63, 3.8) is 0 Å². The van der Waals surface area contributed by atoms with E-state index in [4.69, 9.17) is 10.8 Å². The molecule has 0 bridgehead atoms. The molecule has 14 heavy (non-hydrogen) atoms. The fourth-order valence-electron chi connectivity index (χ4n) is 1.78. The van der Waals surface area contributed by atoms with Gasteiger partial charge in [-0.2, -0.15) is 0 Å². The molecule has 1 fully saturated rings. The predicted molar refractivity (Wildman–Crippen MR) is 54.6 cm³/mol. The Bertz CT molecular complexity index is 202. The van der Waals surface area contributed by atoms with Gasteiger partial charge in [-0.3, -0.25) is 4.79 Å². The van der Waals surface area contributed by atoms with Gasteiger partial charge in [0.05, 0.1) is 12.1 Å². The second kappa shape index (κ2) is 4.75. The van der Waals surface area contributed by atoms with E-state index >= 15 is 0 Å². The van der Waals surface area contributed by atoms with Crippen LogP contribution in [0.25, 0.3) is 0 Å². The lowest BCUT2D eigenvalue weighted by Gasteiger charge is -2.35. The van der Waals surface area contributed by atoms with Crippen LogP contribution >= 0.6 is 0 Å². The maximum Gasteiger partial charge on any atom is 0.239 e. The molecule has 1 aliphatic rings. The highest BCUT2D eigenvalue weighted by Gasteiger charge is 2.29. The average Bonchev–Trinajstić information content (AvgIpc) is 2.12. The largest absolute Gasteiger partial charge is 0.393 e. The predicted octanol–water partition coefficient (Wildman–Crippen LogP) is -0.0470. The van der Waals surface area contributed by atoms with Crippen LogP contribution in [0, 0.1) is 5.92 Å². The van der Waals surface area contributed by atoms with Gasteiger partial charge < -0.3 is 15.7 Å². The van der Waals surface area contributed by atoms with Gasteiger partial charge in [0.2, 0.25) is 5.91 Å². The fourth-order valence-corrected chi connectivity index (χ4v) is 1.78. The van der Waals surface area contributed by atoms with Crippen molar-refractivity contribution in [3.8, 4) is 0 Å². The summed E-state index contributed by atoms with van der Waals surface area (Å²) in [6.07, 6.45) is 2.16. The molecule has 3 N–H and O–H groups in total. The number of aliphatic hydroxyl groups is 1. The van der Waals surface area contributed by atoms with E-state index in [1.807, 2.05) is 6.92 Å². The number of hydrogen-bond donors (Lipinski definition) is 2. The van der Waals surface area contributed by atoms with Crippen molar-refractivity contribution >= 4 is 5.91 Å². The van der Waals surface area contributed by atoms with Crippen LogP contribution in [-0.2, 0) is 4.79 Å². The Hall–Kier alpha value is -0.610. The molecule has 0 aromatic carbocycles. The third-order valence-electron chi connectivity index (χ3n) is 2.88. The first-order chi connectivity index (χ1) is 6.54. The highest BCUT2D eigenvalue weighted by atomic mass is 16.3. The van der Waals surface area contributed by atoms with Crippen LogP contribution in [0.2, 0.25) is 0 Å². The first kappa shape index (κ1) is 11.5. The Kier molecular flexibility index (Phi) is 3.89. The highest BCUT2D eigenvalue weighted by Crippen LogP contribution is 2.27. The lowest BCUT2D eigenvalue weighted by molar-refractivity contribution is -0.132. The summed E-state index contributed by atoms with van der Waals surface area (Å²) in [5, 5.41) is 9.10. The molecule has 4 nitrogen and oxygen atoms in total. The molecule has 0 spiro atoms. The number of amides is 1. The third-order valence-corrected chi connectivity index (χ3v) is 2.88. The average molecular weight is 200 g/mol. The number of rotatable bonds is 4. The molecule has 1 amide bonds. The SMILES string of the molecule is CCC(N)C(=O)N(C)CC1CC(O)C1. The Labute approximate surface area is 85.1 Å². The summed E-state index contributed by atoms with van der Waals surface area (Å²) in [6.45, 7) is 2.63. The summed E-state index contributed by atoms with van der Waals surface area (Å²) >= 11 is 0. The van der Waals surface area contributed by atoms with Gasteiger partial charge in [0, 0.05) is 13.6 Å². The number of nitrogens with two attached hydrogens (primary N) is 1. The smallest absolute Gasteiger partial charge is 0.239 e. The summed E-state index contributed by atoms with van der Waals surface area (Å²) < 4.78 is 0. The second-order valence-electron chi connectivity index (χ2n) is 4.22. The summed E-state index contributed by atoms with van der Waals surface area (Å²) in [4.78, 5) is 13.3. The van der Waals surface area contributed by atoms with Crippen molar-refractivity contribution in [1.82, 2.24) is 4.90 Å². The van der Waals surface area contributed by atoms with Gasteiger partial charge in [0.1, 0.15) is 0 Å². The molecule has 0 aromatic rings. The van der Waals surface area contributed by atoms with E-state index < -0.39 is 0 Å². The molecule has 0 saturated heterocycles. The molecular weight excluding hydrogens is 180 g/mol. The molecule has 0 aromatic heterocycles. The number of nitrogens with zero attached hydrogens (tertiary/aromatic N) is 1. The molecule has 1 saturated carbocycles. The number of carbonyl (C=O) groups excluding carboxylic acids is 1. The first-order valence-electron chi connectivity index (χ1n) is 5.23. The molecule has 1 aliphatic carbocycles. The van der Waals surface area contributed by atoms with Crippen LogP contribution in [0.15, 0.2) is 0 Å². The van der Waals surface area contributed by atoms with Crippen LogP contribution in [0.3, 0.4) is 0 Å². The minimum atomic E-state index is -0.370. The third kappa shape index (κ3) is 2.69. The van der Waals surface area contributed by atoms with Crippen molar-refractivity contribution in [1.29, 1.82) is 0 Å². The summed E-state index contributed by atoms with van der Waals surface area (Å²) in [6, 6.07) is -0.370. The first-order valence-corrected chi connectivity index (χ1v) is 5.23. The van der Waals surface area contributed by atoms with E-state index in [0.717, 1.165) is 19.4 Å². The molecule has 1 atom stereocenters. The second-order valence-corrected chi connectivity index (χ2v) is 4.22. The fraction of sp³-hybridized carbons (Fsp3) is 0.900. The summed E-state index contributed by atoms with van der Waals surface area (Å²) in [7, 11) is 1.78. The summed E-state index contributed by atoms with van der Waals surface area (Å²) in [5.74, 6) is 0.469. The van der Waals surface area contributed by atoms with Crippen molar-refractivity contribution in [2.24, 2.45) is 11.7 Å². The van der Waals surface area contributed by atoms with E-state index in [9.17, 15) is 4.79 Å². The van der Waals surface area contributed by atoms with Crippen LogP contribution in [-0.4, -0.2) is 41.7 Å². The van der Waals surface area contributed by atoms with Gasteiger partial charge in [-0.25, -0.2) is 0 Å². The zero-order valence-electron chi connectivity index (χ0n) is 8.94. The molecular formula is C10H20N2O2. The number of hydrogen-bond acceptors (Lipinski definition) is 3. The number of likely N-dealkylation sites (N-methyl/N-ethyl adjacent to an activating group) is 1. The Balaban J connectivity index is 2.27. The zero-order valence-corrected chi connectivity index (χ0v) is 8.94. The highest BCUT2D eigenvalue weighted by molar-refractivity contribution is 5.81. The molecule has 1 rings (SSSR count). The Morgan fingerprint density at radius 3 is 2.64 bits per heavy atom. The molecule has 82 valence electrons. The normalized spacial score (nSPS) is 28.0. The van der Waals surface area contributed by atoms with Crippen molar-refractivity contribution in [2.75, 3.05) is 13.6 Å². The van der Waals surface area contributed by atoms with Crippen molar-refractivity contribution in [3.05, 3.63) is 0 Å². The van der Waals surface area contributed by atoms with Crippen LogP contribution in [0.4, 0.5) is 0 Å². The van der Waals surface area contributed by atoms with Gasteiger partial charge in [-0.1, -0.05) is 6.92 Å². The van der Waals surface area contributed by atoms with E-state index in [2.05, 4.69) is 0 Å². The molecule has 0 aliphatic heterocycles. The van der Waals surface area contributed by atoms with E-state index in [-0.39, 0.29) is 18.1 Å². The minimum Gasteiger partial charge on any atom is -0.393 e.